The van der Waals surface area contributed by atoms with E-state index in [0.29, 0.717) is 28.3 Å². The maximum Gasteiger partial charge on any atom is 0.338 e. The molecule has 1 aromatic heterocycles. The molecule has 0 bridgehead atoms. The molecule has 0 unspecified atom stereocenters. The van der Waals surface area contributed by atoms with Crippen LogP contribution < -0.4 is 14.8 Å². The van der Waals surface area contributed by atoms with Crippen LogP contribution in [0, 0.1) is 0 Å². The maximum atomic E-state index is 13.2. The van der Waals surface area contributed by atoms with Crippen LogP contribution in [-0.2, 0) is 15.6 Å². The molecule has 7 nitrogen and oxygen atoms in total. The molecule has 160 valence electrons. The zero-order chi connectivity index (χ0) is 22.0. The van der Waals surface area contributed by atoms with Crippen molar-refractivity contribution in [1.82, 2.24) is 4.98 Å². The number of carboxylic acid groups (broad SMARTS) is 1. The first-order valence-electron chi connectivity index (χ1n) is 10.3. The molecule has 31 heavy (non-hydrogen) atoms. The van der Waals surface area contributed by atoms with Crippen molar-refractivity contribution in [3.63, 3.8) is 0 Å². The molecule has 0 radical (unpaired) electrons. The molecule has 2 aromatic carbocycles. The van der Waals surface area contributed by atoms with Crippen molar-refractivity contribution in [3.05, 3.63) is 53.2 Å². The molecule has 0 atom stereocenters. The summed E-state index contributed by atoms with van der Waals surface area (Å²) in [5, 5.41) is 13.4. The van der Waals surface area contributed by atoms with Crippen molar-refractivity contribution in [2.75, 3.05) is 12.1 Å². The van der Waals surface area contributed by atoms with Gasteiger partial charge in [-0.2, -0.15) is 0 Å². The normalized spacial score (nSPS) is 16.4. The zero-order valence-electron chi connectivity index (χ0n) is 17.7. The van der Waals surface area contributed by atoms with Gasteiger partial charge in [0, 0.05) is 27.7 Å². The highest BCUT2D eigenvalue weighted by atomic mass is 16.7. The molecule has 0 saturated heterocycles. The van der Waals surface area contributed by atoms with Crippen molar-refractivity contribution in [3.8, 4) is 11.5 Å². The van der Waals surface area contributed by atoms with Crippen molar-refractivity contribution in [2.45, 2.75) is 44.4 Å². The first-order chi connectivity index (χ1) is 14.7. The fraction of sp³-hybridized carbons (Fsp3) is 0.333. The third-order valence-electron chi connectivity index (χ3n) is 6.13. The summed E-state index contributed by atoms with van der Waals surface area (Å²) in [6.45, 7) is 6.09. The van der Waals surface area contributed by atoms with E-state index in [9.17, 15) is 14.7 Å². The van der Waals surface area contributed by atoms with Gasteiger partial charge in [0.05, 0.1) is 11.0 Å². The fourth-order valence-corrected chi connectivity index (χ4v) is 4.27. The number of hydrogen-bond acceptors (Lipinski definition) is 4. The number of carbonyl (C=O) groups excluding carboxylic acids is 1. The second-order valence-corrected chi connectivity index (χ2v) is 9.29. The average molecular weight is 420 g/mol. The number of rotatable bonds is 4. The number of H-pyrrole nitrogens is 1. The first kappa shape index (κ1) is 19.5. The van der Waals surface area contributed by atoms with Gasteiger partial charge in [0.15, 0.2) is 11.5 Å². The lowest BCUT2D eigenvalue weighted by Gasteiger charge is -2.18. The van der Waals surface area contributed by atoms with Gasteiger partial charge in [-0.3, -0.25) is 4.79 Å². The molecule has 1 aliphatic heterocycles. The molecule has 2 heterocycles. The number of aromatic amines is 1. The van der Waals surface area contributed by atoms with Gasteiger partial charge in [0.25, 0.3) is 0 Å². The Bertz CT molecular complexity index is 1230. The summed E-state index contributed by atoms with van der Waals surface area (Å²) in [7, 11) is 0. The van der Waals surface area contributed by atoms with E-state index in [-0.39, 0.29) is 23.7 Å². The van der Waals surface area contributed by atoms with Crippen LogP contribution >= 0.6 is 0 Å². The Labute approximate surface area is 179 Å². The number of ether oxygens (including phenoxy) is 2. The number of aromatic nitrogens is 1. The number of nitrogens with one attached hydrogen (secondary N) is 2. The van der Waals surface area contributed by atoms with Crippen LogP contribution in [0.2, 0.25) is 0 Å². The number of anilines is 1. The van der Waals surface area contributed by atoms with Crippen LogP contribution in [0.15, 0.2) is 36.4 Å². The summed E-state index contributed by atoms with van der Waals surface area (Å²) < 4.78 is 10.8. The Kier molecular flexibility index (Phi) is 4.09. The molecule has 3 N–H and O–H groups in total. The van der Waals surface area contributed by atoms with Crippen molar-refractivity contribution < 1.29 is 24.2 Å². The minimum atomic E-state index is -0.987. The predicted octanol–water partition coefficient (Wildman–Crippen LogP) is 4.56. The smallest absolute Gasteiger partial charge is 0.338 e. The summed E-state index contributed by atoms with van der Waals surface area (Å²) in [6, 6.07) is 11.0. The van der Waals surface area contributed by atoms with Crippen LogP contribution in [0.5, 0.6) is 11.5 Å². The van der Waals surface area contributed by atoms with Crippen LogP contribution in [0.3, 0.4) is 0 Å². The topological polar surface area (TPSA) is 101 Å². The van der Waals surface area contributed by atoms with Gasteiger partial charge < -0.3 is 24.9 Å². The molecule has 1 aliphatic carbocycles. The summed E-state index contributed by atoms with van der Waals surface area (Å²) in [4.78, 5) is 28.4. The first-order valence-corrected chi connectivity index (χ1v) is 10.3. The summed E-state index contributed by atoms with van der Waals surface area (Å²) in [6.07, 6.45) is 1.50. The highest BCUT2D eigenvalue weighted by Crippen LogP contribution is 2.51. The van der Waals surface area contributed by atoms with Gasteiger partial charge in [-0.1, -0.05) is 26.8 Å². The van der Waals surface area contributed by atoms with Crippen LogP contribution in [0.25, 0.3) is 10.9 Å². The van der Waals surface area contributed by atoms with Gasteiger partial charge in [0.2, 0.25) is 12.7 Å². The highest BCUT2D eigenvalue weighted by molar-refractivity contribution is 6.08. The SMILES string of the molecule is CC(C)(C)c1[nH]c2ccc(NC(=O)C3(c4ccc5c(c4)OCO5)CC3)cc2c1C(=O)O. The third-order valence-corrected chi connectivity index (χ3v) is 6.13. The standard InChI is InChI=1S/C24H24N2O5/c1-23(2,3)20-19(21(27)28)15-11-14(5-6-16(15)26-20)25-22(29)24(8-9-24)13-4-7-17-18(10-13)31-12-30-17/h4-7,10-11,26H,8-9,12H2,1-3H3,(H,25,29)(H,27,28). The van der Waals surface area contributed by atoms with Crippen LogP contribution in [0.4, 0.5) is 5.69 Å². The van der Waals surface area contributed by atoms with Gasteiger partial charge in [-0.25, -0.2) is 4.79 Å². The third kappa shape index (κ3) is 3.12. The Morgan fingerprint density at radius 1 is 1.06 bits per heavy atom. The van der Waals surface area contributed by atoms with Gasteiger partial charge in [-0.05, 0) is 48.7 Å². The minimum Gasteiger partial charge on any atom is -0.478 e. The quantitative estimate of drug-likeness (QED) is 0.574. The van der Waals surface area contributed by atoms with E-state index in [1.807, 2.05) is 45.0 Å². The molecular weight excluding hydrogens is 396 g/mol. The number of amides is 1. The molecule has 0 spiro atoms. The van der Waals surface area contributed by atoms with Crippen molar-refractivity contribution in [2.24, 2.45) is 0 Å². The average Bonchev–Trinajstić information content (AvgIpc) is 3.22. The molecule has 1 saturated carbocycles. The number of benzene rings is 2. The molecule has 1 fully saturated rings. The van der Waals surface area contributed by atoms with E-state index < -0.39 is 11.4 Å². The zero-order valence-corrected chi connectivity index (χ0v) is 17.7. The lowest BCUT2D eigenvalue weighted by molar-refractivity contribution is -0.118. The van der Waals surface area contributed by atoms with E-state index in [1.54, 1.807) is 12.1 Å². The lowest BCUT2D eigenvalue weighted by atomic mass is 9.89. The van der Waals surface area contributed by atoms with Gasteiger partial charge in [0.1, 0.15) is 0 Å². The van der Waals surface area contributed by atoms with Crippen LogP contribution in [-0.4, -0.2) is 28.8 Å². The predicted molar refractivity (Wildman–Crippen MR) is 116 cm³/mol. The molecule has 1 amide bonds. The molecule has 7 heteroatoms. The van der Waals surface area contributed by atoms with E-state index in [4.69, 9.17) is 9.47 Å². The summed E-state index contributed by atoms with van der Waals surface area (Å²) in [5.41, 5.74) is 2.17. The van der Waals surface area contributed by atoms with Crippen molar-refractivity contribution >= 4 is 28.5 Å². The van der Waals surface area contributed by atoms with Gasteiger partial charge >= 0.3 is 5.97 Å². The van der Waals surface area contributed by atoms with E-state index in [0.717, 1.165) is 23.9 Å². The molecular formula is C24H24N2O5. The molecule has 2 aliphatic rings. The van der Waals surface area contributed by atoms with E-state index in [2.05, 4.69) is 10.3 Å². The second-order valence-electron chi connectivity index (χ2n) is 9.29. The summed E-state index contributed by atoms with van der Waals surface area (Å²) >= 11 is 0. The van der Waals surface area contributed by atoms with E-state index in [1.165, 1.54) is 0 Å². The Morgan fingerprint density at radius 2 is 1.81 bits per heavy atom. The summed E-state index contributed by atoms with van der Waals surface area (Å²) in [5.74, 6) is 0.257. The number of hydrogen-bond donors (Lipinski definition) is 3. The lowest BCUT2D eigenvalue weighted by Crippen LogP contribution is -2.27. The number of fused-ring (bicyclic) bond motifs is 2. The number of aromatic carboxylic acids is 1. The highest BCUT2D eigenvalue weighted by Gasteiger charge is 2.51. The Balaban J connectivity index is 1.47. The van der Waals surface area contributed by atoms with Crippen molar-refractivity contribution in [1.29, 1.82) is 0 Å². The molecule has 3 aromatic rings. The number of carbonyl (C=O) groups is 2. The number of carboxylic acids is 1. The Hall–Kier alpha value is -3.48. The fourth-order valence-electron chi connectivity index (χ4n) is 4.27. The van der Waals surface area contributed by atoms with Gasteiger partial charge in [-0.15, -0.1) is 0 Å². The minimum absolute atomic E-state index is 0.103. The van der Waals surface area contributed by atoms with Crippen LogP contribution in [0.1, 0.15) is 55.2 Å². The Morgan fingerprint density at radius 3 is 2.48 bits per heavy atom. The largest absolute Gasteiger partial charge is 0.478 e. The molecule has 5 rings (SSSR count). The van der Waals surface area contributed by atoms with E-state index >= 15 is 0 Å². The second kappa shape index (κ2) is 6.51. The monoisotopic (exact) mass is 420 g/mol. The maximum absolute atomic E-state index is 13.2.